The second kappa shape index (κ2) is 5.97. The van der Waals surface area contributed by atoms with Gasteiger partial charge in [-0.1, -0.05) is 50.2 Å². The fraction of sp³-hybridized carbons (Fsp3) is 0.467. The number of nitrogens with zero attached hydrogens (tertiary/aromatic N) is 2. The molecule has 2 rings (SSSR count). The maximum Gasteiger partial charge on any atom is 0.232 e. The molecule has 0 amide bonds. The lowest BCUT2D eigenvalue weighted by Gasteiger charge is -2.11. The van der Waals surface area contributed by atoms with Crippen molar-refractivity contribution in [3.63, 3.8) is 0 Å². The lowest BCUT2D eigenvalue weighted by Crippen LogP contribution is -2.14. The lowest BCUT2D eigenvalue weighted by atomic mass is 10.0. The highest BCUT2D eigenvalue weighted by Gasteiger charge is 2.21. The van der Waals surface area contributed by atoms with Crippen LogP contribution in [0.3, 0.4) is 0 Å². The van der Waals surface area contributed by atoms with Gasteiger partial charge in [0.05, 0.1) is 12.0 Å². The third kappa shape index (κ3) is 3.01. The van der Waals surface area contributed by atoms with Crippen LogP contribution >= 0.6 is 0 Å². The van der Waals surface area contributed by atoms with E-state index in [9.17, 15) is 5.11 Å². The second-order valence-corrected chi connectivity index (χ2v) is 4.77. The molecule has 102 valence electrons. The molecule has 1 N–H and O–H groups in total. The Kier molecular flexibility index (Phi) is 4.32. The maximum absolute atomic E-state index is 9.80. The van der Waals surface area contributed by atoms with E-state index in [1.165, 1.54) is 5.56 Å². The molecule has 0 aliphatic heterocycles. The van der Waals surface area contributed by atoms with Crippen molar-refractivity contribution in [2.75, 3.05) is 0 Å². The Morgan fingerprint density at radius 1 is 1.21 bits per heavy atom. The molecule has 1 aromatic heterocycles. The van der Waals surface area contributed by atoms with Crippen LogP contribution in [0.2, 0.25) is 0 Å². The summed E-state index contributed by atoms with van der Waals surface area (Å²) in [6.45, 7) is 5.95. The highest BCUT2D eigenvalue weighted by atomic mass is 16.5. The molecular formula is C15H20N2O2. The first-order valence-corrected chi connectivity index (χ1v) is 6.76. The van der Waals surface area contributed by atoms with E-state index in [-0.39, 0.29) is 5.92 Å². The van der Waals surface area contributed by atoms with E-state index in [1.54, 1.807) is 0 Å². The van der Waals surface area contributed by atoms with E-state index in [2.05, 4.69) is 29.2 Å². The van der Waals surface area contributed by atoms with E-state index in [0.717, 1.165) is 12.0 Å². The molecule has 2 unspecified atom stereocenters. The first kappa shape index (κ1) is 13.7. The fourth-order valence-corrected chi connectivity index (χ4v) is 1.95. The Morgan fingerprint density at radius 3 is 2.47 bits per heavy atom. The van der Waals surface area contributed by atoms with Gasteiger partial charge >= 0.3 is 0 Å². The van der Waals surface area contributed by atoms with Gasteiger partial charge in [0.1, 0.15) is 0 Å². The van der Waals surface area contributed by atoms with Gasteiger partial charge in [0.15, 0.2) is 0 Å². The van der Waals surface area contributed by atoms with Gasteiger partial charge in [-0.25, -0.2) is 0 Å². The summed E-state index contributed by atoms with van der Waals surface area (Å²) in [6.07, 6.45) is 1.23. The molecule has 0 aliphatic rings. The second-order valence-electron chi connectivity index (χ2n) is 4.77. The molecule has 2 aromatic rings. The number of hydrogen-bond acceptors (Lipinski definition) is 4. The van der Waals surface area contributed by atoms with E-state index >= 15 is 0 Å². The fourth-order valence-electron chi connectivity index (χ4n) is 1.95. The van der Waals surface area contributed by atoms with Crippen molar-refractivity contribution in [3.8, 4) is 11.4 Å². The van der Waals surface area contributed by atoms with Crippen LogP contribution in [-0.4, -0.2) is 21.4 Å². The Hall–Kier alpha value is -1.68. The van der Waals surface area contributed by atoms with Gasteiger partial charge in [-0.05, 0) is 18.4 Å². The molecule has 1 aromatic carbocycles. The molecule has 1 heterocycles. The molecule has 4 nitrogen and oxygen atoms in total. The summed E-state index contributed by atoms with van der Waals surface area (Å²) in [5.41, 5.74) is 2.22. The molecule has 0 bridgehead atoms. The minimum atomic E-state index is -0.448. The van der Waals surface area contributed by atoms with Gasteiger partial charge in [-0.15, -0.1) is 0 Å². The SMILES string of the molecule is CCc1ccc(-c2noc(C(C)C(O)CC)n2)cc1. The van der Waals surface area contributed by atoms with Crippen molar-refractivity contribution in [2.45, 2.75) is 45.6 Å². The third-order valence-corrected chi connectivity index (χ3v) is 3.45. The molecule has 0 spiro atoms. The predicted molar refractivity (Wildman–Crippen MR) is 73.8 cm³/mol. The largest absolute Gasteiger partial charge is 0.392 e. The number of aromatic nitrogens is 2. The van der Waals surface area contributed by atoms with Crippen molar-refractivity contribution in [2.24, 2.45) is 0 Å². The number of hydrogen-bond donors (Lipinski definition) is 1. The maximum atomic E-state index is 9.80. The summed E-state index contributed by atoms with van der Waals surface area (Å²) in [6, 6.07) is 8.12. The first-order valence-electron chi connectivity index (χ1n) is 6.76. The topological polar surface area (TPSA) is 59.2 Å². The Morgan fingerprint density at radius 2 is 1.89 bits per heavy atom. The van der Waals surface area contributed by atoms with Gasteiger partial charge in [-0.2, -0.15) is 4.98 Å². The minimum absolute atomic E-state index is 0.138. The highest BCUT2D eigenvalue weighted by Crippen LogP contribution is 2.23. The standard InChI is InChI=1S/C15H20N2O2/c1-4-11-6-8-12(9-7-11)14-16-15(19-17-14)10(3)13(18)5-2/h6-10,13,18H,4-5H2,1-3H3. The van der Waals surface area contributed by atoms with Gasteiger partial charge in [0, 0.05) is 5.56 Å². The first-order chi connectivity index (χ1) is 9.15. The van der Waals surface area contributed by atoms with Crippen LogP contribution in [0.5, 0.6) is 0 Å². The Labute approximate surface area is 113 Å². The van der Waals surface area contributed by atoms with Crippen LogP contribution in [0.1, 0.15) is 44.6 Å². The molecule has 0 saturated carbocycles. The zero-order chi connectivity index (χ0) is 13.8. The van der Waals surface area contributed by atoms with Crippen LogP contribution in [0, 0.1) is 0 Å². The molecular weight excluding hydrogens is 240 g/mol. The molecule has 0 saturated heterocycles. The monoisotopic (exact) mass is 260 g/mol. The predicted octanol–water partition coefficient (Wildman–Crippen LogP) is 3.17. The number of rotatable bonds is 5. The number of aliphatic hydroxyl groups is 1. The van der Waals surface area contributed by atoms with Crippen molar-refractivity contribution in [1.82, 2.24) is 10.1 Å². The number of aryl methyl sites for hydroxylation is 1. The van der Waals surface area contributed by atoms with Crippen LogP contribution < -0.4 is 0 Å². The summed E-state index contributed by atoms with van der Waals surface area (Å²) < 4.78 is 5.24. The summed E-state index contributed by atoms with van der Waals surface area (Å²) >= 11 is 0. The number of aliphatic hydroxyl groups excluding tert-OH is 1. The van der Waals surface area contributed by atoms with Crippen LogP contribution in [-0.2, 0) is 6.42 Å². The number of benzene rings is 1. The van der Waals surface area contributed by atoms with E-state index in [1.807, 2.05) is 26.0 Å². The third-order valence-electron chi connectivity index (χ3n) is 3.45. The van der Waals surface area contributed by atoms with Gasteiger partial charge in [0.25, 0.3) is 0 Å². The average molecular weight is 260 g/mol. The quantitative estimate of drug-likeness (QED) is 0.897. The van der Waals surface area contributed by atoms with Gasteiger partial charge < -0.3 is 9.63 Å². The van der Waals surface area contributed by atoms with E-state index in [4.69, 9.17) is 4.52 Å². The van der Waals surface area contributed by atoms with Crippen molar-refractivity contribution < 1.29 is 9.63 Å². The summed E-state index contributed by atoms with van der Waals surface area (Å²) in [7, 11) is 0. The lowest BCUT2D eigenvalue weighted by molar-refractivity contribution is 0.129. The zero-order valence-corrected chi connectivity index (χ0v) is 11.6. The molecule has 4 heteroatoms. The highest BCUT2D eigenvalue weighted by molar-refractivity contribution is 5.54. The molecule has 2 atom stereocenters. The Bertz CT molecular complexity index is 519. The normalized spacial score (nSPS) is 14.3. The van der Waals surface area contributed by atoms with E-state index < -0.39 is 6.10 Å². The minimum Gasteiger partial charge on any atom is -0.392 e. The molecule has 19 heavy (non-hydrogen) atoms. The van der Waals surface area contributed by atoms with Crippen molar-refractivity contribution >= 4 is 0 Å². The van der Waals surface area contributed by atoms with Crippen molar-refractivity contribution in [3.05, 3.63) is 35.7 Å². The van der Waals surface area contributed by atoms with Crippen molar-refractivity contribution in [1.29, 1.82) is 0 Å². The molecule has 0 aliphatic carbocycles. The summed E-state index contributed by atoms with van der Waals surface area (Å²) in [5.74, 6) is 0.929. The van der Waals surface area contributed by atoms with Crippen LogP contribution in [0.15, 0.2) is 28.8 Å². The van der Waals surface area contributed by atoms with Gasteiger partial charge in [0.2, 0.25) is 11.7 Å². The zero-order valence-electron chi connectivity index (χ0n) is 11.6. The summed E-state index contributed by atoms with van der Waals surface area (Å²) in [4.78, 5) is 4.37. The summed E-state index contributed by atoms with van der Waals surface area (Å²) in [5, 5.41) is 13.8. The van der Waals surface area contributed by atoms with Gasteiger partial charge in [-0.3, -0.25) is 0 Å². The van der Waals surface area contributed by atoms with Crippen LogP contribution in [0.4, 0.5) is 0 Å². The average Bonchev–Trinajstić information content (AvgIpc) is 2.95. The van der Waals surface area contributed by atoms with Crippen LogP contribution in [0.25, 0.3) is 11.4 Å². The smallest absolute Gasteiger partial charge is 0.232 e. The molecule has 0 radical (unpaired) electrons. The Balaban J connectivity index is 2.20. The molecule has 0 fully saturated rings. The van der Waals surface area contributed by atoms with E-state index in [0.29, 0.717) is 18.1 Å².